The summed E-state index contributed by atoms with van der Waals surface area (Å²) in [6.45, 7) is 3.46. The highest BCUT2D eigenvalue weighted by atomic mass is 32.2. The lowest BCUT2D eigenvalue weighted by atomic mass is 9.91. The van der Waals surface area contributed by atoms with Gasteiger partial charge in [-0.05, 0) is 49.9 Å². The van der Waals surface area contributed by atoms with E-state index in [2.05, 4.69) is 4.72 Å². The van der Waals surface area contributed by atoms with Crippen LogP contribution in [0.2, 0.25) is 0 Å². The van der Waals surface area contributed by atoms with E-state index in [-0.39, 0.29) is 17.0 Å². The Bertz CT molecular complexity index is 540. The van der Waals surface area contributed by atoms with Crippen molar-refractivity contribution in [2.24, 2.45) is 0 Å². The molecule has 1 aliphatic carbocycles. The highest BCUT2D eigenvalue weighted by molar-refractivity contribution is 7.89. The quantitative estimate of drug-likeness (QED) is 0.704. The van der Waals surface area contributed by atoms with Crippen LogP contribution in [-0.2, 0) is 10.0 Å². The number of anilines is 1. The number of rotatable bonds is 3. The summed E-state index contributed by atoms with van der Waals surface area (Å²) in [6, 6.07) is 3.13. The topological polar surface area (TPSA) is 92.4 Å². The Kier molecular flexibility index (Phi) is 3.35. The maximum absolute atomic E-state index is 12.3. The molecule has 1 aromatic rings. The van der Waals surface area contributed by atoms with Crippen LogP contribution in [0.4, 0.5) is 5.69 Å². The number of hydrogen-bond acceptors (Lipinski definition) is 4. The molecule has 5 nitrogen and oxygen atoms in total. The van der Waals surface area contributed by atoms with Crippen molar-refractivity contribution in [1.82, 2.24) is 4.72 Å². The second-order valence-electron chi connectivity index (χ2n) is 4.93. The Morgan fingerprint density at radius 1 is 1.28 bits per heavy atom. The maximum Gasteiger partial charge on any atom is 0.241 e. The Labute approximate surface area is 107 Å². The van der Waals surface area contributed by atoms with Gasteiger partial charge in [0.25, 0.3) is 0 Å². The number of nitrogens with two attached hydrogens (primary N) is 1. The lowest BCUT2D eigenvalue weighted by Gasteiger charge is -2.32. The van der Waals surface area contributed by atoms with Gasteiger partial charge in [-0.25, -0.2) is 13.1 Å². The molecule has 1 saturated carbocycles. The van der Waals surface area contributed by atoms with E-state index < -0.39 is 10.0 Å². The molecule has 1 aliphatic rings. The van der Waals surface area contributed by atoms with Crippen molar-refractivity contribution in [3.63, 3.8) is 0 Å². The minimum Gasteiger partial charge on any atom is -0.399 e. The molecule has 0 amide bonds. The summed E-state index contributed by atoms with van der Waals surface area (Å²) >= 11 is 0. The van der Waals surface area contributed by atoms with Crippen LogP contribution in [0.25, 0.3) is 0 Å². The first kappa shape index (κ1) is 13.3. The van der Waals surface area contributed by atoms with E-state index in [9.17, 15) is 13.5 Å². The third-order valence-electron chi connectivity index (χ3n) is 3.19. The van der Waals surface area contributed by atoms with E-state index >= 15 is 0 Å². The number of sulfonamides is 1. The average Bonchev–Trinajstić information content (AvgIpc) is 2.11. The SMILES string of the molecule is Cc1cc(N)cc(C)c1S(=O)(=O)NC1CC(O)C1. The van der Waals surface area contributed by atoms with Gasteiger partial charge in [-0.15, -0.1) is 0 Å². The van der Waals surface area contributed by atoms with E-state index in [0.29, 0.717) is 29.7 Å². The number of benzene rings is 1. The van der Waals surface area contributed by atoms with Crippen LogP contribution in [-0.4, -0.2) is 25.7 Å². The summed E-state index contributed by atoms with van der Waals surface area (Å²) in [5, 5.41) is 9.18. The zero-order chi connectivity index (χ0) is 13.5. The molecule has 0 spiro atoms. The van der Waals surface area contributed by atoms with Gasteiger partial charge < -0.3 is 10.8 Å². The first-order valence-electron chi connectivity index (χ1n) is 5.86. The molecule has 6 heteroatoms. The zero-order valence-electron chi connectivity index (χ0n) is 10.5. The van der Waals surface area contributed by atoms with Crippen LogP contribution >= 0.6 is 0 Å². The largest absolute Gasteiger partial charge is 0.399 e. The summed E-state index contributed by atoms with van der Waals surface area (Å²) in [6.07, 6.45) is 0.574. The fourth-order valence-corrected chi connectivity index (χ4v) is 4.08. The molecule has 0 bridgehead atoms. The third kappa shape index (κ3) is 2.50. The molecular formula is C12H18N2O3S. The van der Waals surface area contributed by atoms with Crippen LogP contribution in [0.1, 0.15) is 24.0 Å². The smallest absolute Gasteiger partial charge is 0.241 e. The van der Waals surface area contributed by atoms with Crippen LogP contribution in [0, 0.1) is 13.8 Å². The van der Waals surface area contributed by atoms with Crippen LogP contribution in [0.3, 0.4) is 0 Å². The van der Waals surface area contributed by atoms with Crippen molar-refractivity contribution in [2.45, 2.75) is 43.7 Å². The molecule has 18 heavy (non-hydrogen) atoms. The molecule has 1 fully saturated rings. The van der Waals surface area contributed by atoms with Crippen molar-refractivity contribution in [1.29, 1.82) is 0 Å². The van der Waals surface area contributed by atoms with Gasteiger partial charge in [0.1, 0.15) is 0 Å². The molecule has 0 aliphatic heterocycles. The van der Waals surface area contributed by atoms with Gasteiger partial charge in [-0.1, -0.05) is 0 Å². The number of nitrogen functional groups attached to an aromatic ring is 1. The van der Waals surface area contributed by atoms with Gasteiger partial charge in [0.2, 0.25) is 10.0 Å². The first-order chi connectivity index (χ1) is 8.29. The van der Waals surface area contributed by atoms with Gasteiger partial charge in [-0.2, -0.15) is 0 Å². The van der Waals surface area contributed by atoms with E-state index in [4.69, 9.17) is 5.73 Å². The second-order valence-corrected chi connectivity index (χ2v) is 6.58. The molecule has 0 heterocycles. The molecule has 0 atom stereocenters. The Morgan fingerprint density at radius 3 is 2.22 bits per heavy atom. The number of aliphatic hydroxyl groups is 1. The molecule has 1 aromatic carbocycles. The molecule has 2 rings (SSSR count). The van der Waals surface area contributed by atoms with Crippen molar-refractivity contribution in [3.8, 4) is 0 Å². The normalized spacial score (nSPS) is 23.7. The fourth-order valence-electron chi connectivity index (χ4n) is 2.37. The minimum atomic E-state index is -3.54. The Balaban J connectivity index is 2.30. The summed E-state index contributed by atoms with van der Waals surface area (Å²) in [5.74, 6) is 0. The summed E-state index contributed by atoms with van der Waals surface area (Å²) < 4.78 is 27.1. The highest BCUT2D eigenvalue weighted by Gasteiger charge is 2.32. The molecule has 4 N–H and O–H groups in total. The summed E-state index contributed by atoms with van der Waals surface area (Å²) in [7, 11) is -3.54. The number of hydrogen-bond donors (Lipinski definition) is 3. The standard InChI is InChI=1S/C12H18N2O3S/c1-7-3-9(13)4-8(2)12(7)18(16,17)14-10-5-11(15)6-10/h3-4,10-11,14-15H,5-6,13H2,1-2H3. The predicted octanol–water partition coefficient (Wildman–Crippen LogP) is 0.687. The van der Waals surface area contributed by atoms with Crippen molar-refractivity contribution in [2.75, 3.05) is 5.73 Å². The van der Waals surface area contributed by atoms with Gasteiger partial charge in [0.05, 0.1) is 11.0 Å². The van der Waals surface area contributed by atoms with E-state index in [1.807, 2.05) is 0 Å². The van der Waals surface area contributed by atoms with Gasteiger partial charge in [0, 0.05) is 11.7 Å². The first-order valence-corrected chi connectivity index (χ1v) is 7.35. The Hall–Kier alpha value is -1.11. The zero-order valence-corrected chi connectivity index (χ0v) is 11.3. The molecule has 0 aromatic heterocycles. The lowest BCUT2D eigenvalue weighted by Crippen LogP contribution is -2.46. The monoisotopic (exact) mass is 270 g/mol. The van der Waals surface area contributed by atoms with Gasteiger partial charge >= 0.3 is 0 Å². The molecule has 0 unspecified atom stereocenters. The molecule has 100 valence electrons. The number of aryl methyl sites for hydroxylation is 2. The minimum absolute atomic E-state index is 0.165. The average molecular weight is 270 g/mol. The predicted molar refractivity (Wildman–Crippen MR) is 69.7 cm³/mol. The Morgan fingerprint density at radius 2 is 1.78 bits per heavy atom. The van der Waals surface area contributed by atoms with Crippen molar-refractivity contribution in [3.05, 3.63) is 23.3 Å². The molecule has 0 saturated heterocycles. The van der Waals surface area contributed by atoms with Crippen LogP contribution in [0.15, 0.2) is 17.0 Å². The lowest BCUT2D eigenvalue weighted by molar-refractivity contribution is 0.0712. The number of nitrogens with one attached hydrogen (secondary N) is 1. The van der Waals surface area contributed by atoms with Crippen molar-refractivity contribution < 1.29 is 13.5 Å². The van der Waals surface area contributed by atoms with Crippen LogP contribution < -0.4 is 10.5 Å². The van der Waals surface area contributed by atoms with E-state index in [1.165, 1.54) is 0 Å². The molecule has 0 radical (unpaired) electrons. The fraction of sp³-hybridized carbons (Fsp3) is 0.500. The highest BCUT2D eigenvalue weighted by Crippen LogP contribution is 2.26. The number of aliphatic hydroxyl groups excluding tert-OH is 1. The summed E-state index contributed by atoms with van der Waals surface area (Å²) in [5.41, 5.74) is 7.52. The summed E-state index contributed by atoms with van der Waals surface area (Å²) in [4.78, 5) is 0.290. The van der Waals surface area contributed by atoms with E-state index in [0.717, 1.165) is 0 Å². The van der Waals surface area contributed by atoms with Crippen LogP contribution in [0.5, 0.6) is 0 Å². The second kappa shape index (κ2) is 4.53. The molecular weight excluding hydrogens is 252 g/mol. The maximum atomic E-state index is 12.3. The third-order valence-corrected chi connectivity index (χ3v) is 5.01. The van der Waals surface area contributed by atoms with Gasteiger partial charge in [-0.3, -0.25) is 0 Å². The van der Waals surface area contributed by atoms with Crippen molar-refractivity contribution >= 4 is 15.7 Å². The van der Waals surface area contributed by atoms with E-state index in [1.54, 1.807) is 26.0 Å². The van der Waals surface area contributed by atoms with Gasteiger partial charge in [0.15, 0.2) is 0 Å².